The zero-order chi connectivity index (χ0) is 22.8. The summed E-state index contributed by atoms with van der Waals surface area (Å²) in [6, 6.07) is 6.95. The highest BCUT2D eigenvalue weighted by molar-refractivity contribution is 7.80. The van der Waals surface area contributed by atoms with E-state index in [-0.39, 0.29) is 32.1 Å². The number of anilines is 1. The van der Waals surface area contributed by atoms with Crippen LogP contribution in [0.15, 0.2) is 36.5 Å². The molecule has 1 atom stereocenters. The standard InChI is InChI=1S/C19H19F3N4O4S/c1-12-11-13(4-5-15(12)24-31(29)30)17(27)25-7-9-26(10-8-25)18(28)14-3-2-6-23-16(14)19(20,21)22/h2-6,11,24H,7-10H2,1H3,(H,29,30). The molecule has 0 aliphatic carbocycles. The van der Waals surface area contributed by atoms with E-state index < -0.39 is 34.6 Å². The molecule has 0 radical (unpaired) electrons. The first-order valence-electron chi connectivity index (χ1n) is 9.17. The SMILES string of the molecule is Cc1cc(C(=O)N2CCN(C(=O)c3cccnc3C(F)(F)F)CC2)ccc1NS(=O)O. The Balaban J connectivity index is 1.67. The topological polar surface area (TPSA) is 103 Å². The van der Waals surface area contributed by atoms with Crippen molar-refractivity contribution in [2.24, 2.45) is 0 Å². The predicted molar refractivity (Wildman–Crippen MR) is 107 cm³/mol. The van der Waals surface area contributed by atoms with Crippen LogP contribution in [0.25, 0.3) is 0 Å². The first-order valence-corrected chi connectivity index (χ1v) is 10.3. The molecule has 166 valence electrons. The number of nitrogens with one attached hydrogen (secondary N) is 1. The van der Waals surface area contributed by atoms with Crippen molar-refractivity contribution in [3.63, 3.8) is 0 Å². The lowest BCUT2D eigenvalue weighted by Gasteiger charge is -2.35. The van der Waals surface area contributed by atoms with Crippen molar-refractivity contribution in [1.82, 2.24) is 14.8 Å². The molecule has 1 aromatic heterocycles. The zero-order valence-corrected chi connectivity index (χ0v) is 17.2. The molecule has 1 aliphatic heterocycles. The number of amides is 2. The van der Waals surface area contributed by atoms with Gasteiger partial charge in [-0.25, -0.2) is 4.21 Å². The number of carbonyl (C=O) groups is 2. The molecule has 3 rings (SSSR count). The summed E-state index contributed by atoms with van der Waals surface area (Å²) in [6.45, 7) is 2.16. The van der Waals surface area contributed by atoms with Gasteiger partial charge in [-0.05, 0) is 42.8 Å². The number of pyridine rings is 1. The minimum atomic E-state index is -4.74. The number of halogens is 3. The van der Waals surface area contributed by atoms with Crippen LogP contribution in [-0.4, -0.2) is 61.5 Å². The fourth-order valence-corrected chi connectivity index (χ4v) is 3.69. The first kappa shape index (κ1) is 22.7. The van der Waals surface area contributed by atoms with Crippen LogP contribution >= 0.6 is 0 Å². The van der Waals surface area contributed by atoms with Crippen LogP contribution in [0.3, 0.4) is 0 Å². The maximum atomic E-state index is 13.1. The van der Waals surface area contributed by atoms with Crippen molar-refractivity contribution in [3.05, 3.63) is 58.9 Å². The van der Waals surface area contributed by atoms with Crippen molar-refractivity contribution in [1.29, 1.82) is 0 Å². The Labute approximate surface area is 178 Å². The van der Waals surface area contributed by atoms with Gasteiger partial charge in [0.15, 0.2) is 5.69 Å². The third kappa shape index (κ3) is 5.20. The maximum Gasteiger partial charge on any atom is 0.434 e. The molecule has 31 heavy (non-hydrogen) atoms. The number of carbonyl (C=O) groups excluding carboxylic acids is 2. The average molecular weight is 456 g/mol. The summed E-state index contributed by atoms with van der Waals surface area (Å²) in [4.78, 5) is 31.4. The molecule has 2 amide bonds. The second-order valence-corrected chi connectivity index (χ2v) is 7.57. The van der Waals surface area contributed by atoms with E-state index in [9.17, 15) is 27.0 Å². The minimum Gasteiger partial charge on any atom is -0.335 e. The molecule has 1 saturated heterocycles. The summed E-state index contributed by atoms with van der Waals surface area (Å²) in [7, 11) is 0. The van der Waals surface area contributed by atoms with E-state index in [4.69, 9.17) is 4.55 Å². The predicted octanol–water partition coefficient (Wildman–Crippen LogP) is 2.56. The Bertz CT molecular complexity index is 1020. The smallest absolute Gasteiger partial charge is 0.335 e. The lowest BCUT2D eigenvalue weighted by molar-refractivity contribution is -0.141. The zero-order valence-electron chi connectivity index (χ0n) is 16.3. The number of aromatic nitrogens is 1. The summed E-state index contributed by atoms with van der Waals surface area (Å²) < 4.78 is 61.6. The molecule has 2 heterocycles. The van der Waals surface area contributed by atoms with Crippen molar-refractivity contribution >= 4 is 28.8 Å². The molecule has 1 unspecified atom stereocenters. The third-order valence-corrected chi connectivity index (χ3v) is 5.23. The lowest BCUT2D eigenvalue weighted by Crippen LogP contribution is -2.50. The van der Waals surface area contributed by atoms with Gasteiger partial charge in [0.25, 0.3) is 23.1 Å². The van der Waals surface area contributed by atoms with E-state index in [1.807, 2.05) is 0 Å². The molecular formula is C19H19F3N4O4S. The Morgan fingerprint density at radius 3 is 2.26 bits per heavy atom. The van der Waals surface area contributed by atoms with Gasteiger partial charge in [-0.3, -0.25) is 23.8 Å². The van der Waals surface area contributed by atoms with E-state index in [1.165, 1.54) is 28.0 Å². The molecule has 1 aromatic carbocycles. The fourth-order valence-electron chi connectivity index (χ4n) is 3.27. The van der Waals surface area contributed by atoms with Crippen LogP contribution in [0.4, 0.5) is 18.9 Å². The van der Waals surface area contributed by atoms with Crippen LogP contribution in [0.2, 0.25) is 0 Å². The summed E-state index contributed by atoms with van der Waals surface area (Å²) in [5, 5.41) is 0. The number of benzene rings is 1. The lowest BCUT2D eigenvalue weighted by atomic mass is 10.1. The van der Waals surface area contributed by atoms with E-state index in [2.05, 4.69) is 9.71 Å². The number of hydrogen-bond donors (Lipinski definition) is 2. The van der Waals surface area contributed by atoms with Crippen molar-refractivity contribution < 1.29 is 31.5 Å². The van der Waals surface area contributed by atoms with E-state index >= 15 is 0 Å². The van der Waals surface area contributed by atoms with Gasteiger partial charge in [-0.1, -0.05) is 0 Å². The van der Waals surface area contributed by atoms with Gasteiger partial charge in [-0.15, -0.1) is 0 Å². The van der Waals surface area contributed by atoms with Crippen LogP contribution in [-0.2, 0) is 17.4 Å². The summed E-state index contributed by atoms with van der Waals surface area (Å²) in [6.07, 6.45) is -3.76. The minimum absolute atomic E-state index is 0.0822. The highest BCUT2D eigenvalue weighted by Gasteiger charge is 2.38. The van der Waals surface area contributed by atoms with Gasteiger partial charge in [0.2, 0.25) is 0 Å². The summed E-state index contributed by atoms with van der Waals surface area (Å²) in [5.74, 6) is -1.08. The molecule has 0 spiro atoms. The van der Waals surface area contributed by atoms with Gasteiger partial charge < -0.3 is 9.80 Å². The molecule has 2 aromatic rings. The van der Waals surface area contributed by atoms with Gasteiger partial charge in [0.1, 0.15) is 0 Å². The second-order valence-electron chi connectivity index (χ2n) is 6.86. The van der Waals surface area contributed by atoms with Gasteiger partial charge >= 0.3 is 6.18 Å². The monoisotopic (exact) mass is 456 g/mol. The number of rotatable bonds is 4. The van der Waals surface area contributed by atoms with Crippen LogP contribution < -0.4 is 4.72 Å². The van der Waals surface area contributed by atoms with Crippen LogP contribution in [0, 0.1) is 6.92 Å². The number of alkyl halides is 3. The van der Waals surface area contributed by atoms with Crippen molar-refractivity contribution in [3.8, 4) is 0 Å². The van der Waals surface area contributed by atoms with Crippen molar-refractivity contribution in [2.75, 3.05) is 30.9 Å². The van der Waals surface area contributed by atoms with Crippen LogP contribution in [0.5, 0.6) is 0 Å². The highest BCUT2D eigenvalue weighted by atomic mass is 32.2. The Morgan fingerprint density at radius 2 is 1.71 bits per heavy atom. The molecule has 2 N–H and O–H groups in total. The number of piperazine rings is 1. The summed E-state index contributed by atoms with van der Waals surface area (Å²) >= 11 is -2.24. The van der Waals surface area contributed by atoms with Gasteiger partial charge in [0.05, 0.1) is 11.3 Å². The second kappa shape index (κ2) is 9.02. The number of hydrogen-bond acceptors (Lipinski definition) is 4. The molecular weight excluding hydrogens is 437 g/mol. The average Bonchev–Trinajstić information content (AvgIpc) is 2.73. The maximum absolute atomic E-state index is 13.1. The van der Waals surface area contributed by atoms with Gasteiger partial charge in [-0.2, -0.15) is 13.2 Å². The first-order chi connectivity index (χ1) is 14.6. The quantitative estimate of drug-likeness (QED) is 0.689. The molecule has 1 aliphatic rings. The highest BCUT2D eigenvalue weighted by Crippen LogP contribution is 2.30. The van der Waals surface area contributed by atoms with E-state index in [1.54, 1.807) is 13.0 Å². The normalized spacial score (nSPS) is 15.5. The molecule has 0 bridgehead atoms. The molecule has 8 nitrogen and oxygen atoms in total. The Morgan fingerprint density at radius 1 is 1.10 bits per heavy atom. The van der Waals surface area contributed by atoms with Crippen molar-refractivity contribution in [2.45, 2.75) is 13.1 Å². The summed E-state index contributed by atoms with van der Waals surface area (Å²) in [5.41, 5.74) is -0.387. The van der Waals surface area contributed by atoms with E-state index in [0.717, 1.165) is 12.3 Å². The number of nitrogens with zero attached hydrogens (tertiary/aromatic N) is 3. The van der Waals surface area contributed by atoms with E-state index in [0.29, 0.717) is 16.8 Å². The Kier molecular flexibility index (Phi) is 6.60. The molecule has 0 saturated carbocycles. The third-order valence-electron chi connectivity index (χ3n) is 4.83. The molecule has 1 fully saturated rings. The molecule has 12 heteroatoms. The van der Waals surface area contributed by atoms with Gasteiger partial charge in [0, 0.05) is 37.9 Å². The Hall–Kier alpha value is -2.99. The largest absolute Gasteiger partial charge is 0.434 e. The number of aryl methyl sites for hydroxylation is 1. The van der Waals surface area contributed by atoms with Crippen LogP contribution in [0.1, 0.15) is 32.0 Å². The fraction of sp³-hybridized carbons (Fsp3) is 0.316.